The number of esters is 1. The zero-order valence-corrected chi connectivity index (χ0v) is 9.49. The minimum absolute atomic E-state index is 0.0823. The molecule has 0 spiro atoms. The lowest BCUT2D eigenvalue weighted by Gasteiger charge is -2.04. The third-order valence-corrected chi connectivity index (χ3v) is 1.89. The number of hydrogen-bond donors (Lipinski definition) is 2. The van der Waals surface area contributed by atoms with Crippen molar-refractivity contribution in [2.24, 2.45) is 5.73 Å². The molecule has 1 aromatic carbocycles. The first kappa shape index (κ1) is 14.1. The number of nitro benzene ring substituents is 1. The van der Waals surface area contributed by atoms with E-state index >= 15 is 0 Å². The zero-order chi connectivity index (χ0) is 14.4. The van der Waals surface area contributed by atoms with Gasteiger partial charge in [0.2, 0.25) is 0 Å². The van der Waals surface area contributed by atoms with E-state index in [2.05, 4.69) is 10.5 Å². The standard InChI is InChI=1S/C10H9N3O6/c11-10(16)12-8(14)5-19-9(15)6-2-1-3-7(4-6)13(17)18/h1-4H,5H2,(H3,11,12,14,16). The summed E-state index contributed by atoms with van der Waals surface area (Å²) in [6.07, 6.45) is 0. The quantitative estimate of drug-likeness (QED) is 0.444. The molecule has 9 nitrogen and oxygen atoms in total. The molecular formula is C10H9N3O6. The molecule has 0 aliphatic rings. The molecular weight excluding hydrogens is 258 g/mol. The molecule has 3 amide bonds. The van der Waals surface area contributed by atoms with Crippen molar-refractivity contribution in [3.63, 3.8) is 0 Å². The van der Waals surface area contributed by atoms with Gasteiger partial charge in [-0.3, -0.25) is 20.2 Å². The number of nitrogens with two attached hydrogens (primary N) is 1. The van der Waals surface area contributed by atoms with Gasteiger partial charge in [0, 0.05) is 12.1 Å². The Hall–Kier alpha value is -2.97. The molecule has 1 aromatic rings. The smallest absolute Gasteiger partial charge is 0.338 e. The largest absolute Gasteiger partial charge is 0.452 e. The van der Waals surface area contributed by atoms with E-state index in [1.54, 1.807) is 5.32 Å². The van der Waals surface area contributed by atoms with E-state index in [-0.39, 0.29) is 11.3 Å². The lowest BCUT2D eigenvalue weighted by Crippen LogP contribution is -2.37. The molecule has 1 rings (SSSR count). The van der Waals surface area contributed by atoms with E-state index in [9.17, 15) is 24.5 Å². The molecule has 0 saturated heterocycles. The Morgan fingerprint density at radius 1 is 1.37 bits per heavy atom. The Labute approximate surface area is 106 Å². The fraction of sp³-hybridized carbons (Fsp3) is 0.100. The Kier molecular flexibility index (Phi) is 4.52. The summed E-state index contributed by atoms with van der Waals surface area (Å²) in [7, 11) is 0. The van der Waals surface area contributed by atoms with Crippen molar-refractivity contribution < 1.29 is 24.0 Å². The van der Waals surface area contributed by atoms with Gasteiger partial charge in [0.05, 0.1) is 10.5 Å². The second-order valence-electron chi connectivity index (χ2n) is 3.30. The zero-order valence-electron chi connectivity index (χ0n) is 9.49. The molecule has 3 N–H and O–H groups in total. The van der Waals surface area contributed by atoms with Crippen molar-refractivity contribution in [3.05, 3.63) is 39.9 Å². The van der Waals surface area contributed by atoms with Crippen LogP contribution in [0.15, 0.2) is 24.3 Å². The number of benzene rings is 1. The summed E-state index contributed by atoms with van der Waals surface area (Å²) in [5.41, 5.74) is 4.31. The van der Waals surface area contributed by atoms with E-state index < -0.39 is 29.4 Å². The van der Waals surface area contributed by atoms with Crippen LogP contribution in [0, 0.1) is 10.1 Å². The van der Waals surface area contributed by atoms with Crippen LogP contribution in [0.25, 0.3) is 0 Å². The first-order valence-electron chi connectivity index (χ1n) is 4.91. The van der Waals surface area contributed by atoms with E-state index in [0.717, 1.165) is 6.07 Å². The molecule has 0 saturated carbocycles. The second-order valence-corrected chi connectivity index (χ2v) is 3.30. The molecule has 19 heavy (non-hydrogen) atoms. The maximum absolute atomic E-state index is 11.5. The van der Waals surface area contributed by atoms with Gasteiger partial charge in [-0.05, 0) is 6.07 Å². The molecule has 100 valence electrons. The van der Waals surface area contributed by atoms with Crippen LogP contribution < -0.4 is 11.1 Å². The molecule has 0 heterocycles. The maximum atomic E-state index is 11.5. The number of nitro groups is 1. The van der Waals surface area contributed by atoms with Gasteiger partial charge in [-0.25, -0.2) is 9.59 Å². The second kappa shape index (κ2) is 6.10. The maximum Gasteiger partial charge on any atom is 0.338 e. The molecule has 0 fully saturated rings. The summed E-state index contributed by atoms with van der Waals surface area (Å²) >= 11 is 0. The van der Waals surface area contributed by atoms with Gasteiger partial charge >= 0.3 is 12.0 Å². The monoisotopic (exact) mass is 267 g/mol. The summed E-state index contributed by atoms with van der Waals surface area (Å²) in [6.45, 7) is -0.718. The lowest BCUT2D eigenvalue weighted by molar-refractivity contribution is -0.384. The van der Waals surface area contributed by atoms with Gasteiger partial charge in [-0.1, -0.05) is 6.07 Å². The van der Waals surface area contributed by atoms with Crippen molar-refractivity contribution >= 4 is 23.6 Å². The predicted molar refractivity (Wildman–Crippen MR) is 61.1 cm³/mol. The van der Waals surface area contributed by atoms with Gasteiger partial charge < -0.3 is 10.5 Å². The van der Waals surface area contributed by atoms with Gasteiger partial charge in [-0.15, -0.1) is 0 Å². The number of carbonyl (C=O) groups is 3. The SMILES string of the molecule is NC(=O)NC(=O)COC(=O)c1cccc([N+](=O)[O-])c1. The first-order valence-corrected chi connectivity index (χ1v) is 4.91. The molecule has 0 radical (unpaired) electrons. The third kappa shape index (κ3) is 4.42. The average molecular weight is 267 g/mol. The number of urea groups is 1. The van der Waals surface area contributed by atoms with E-state index in [0.29, 0.717) is 0 Å². The highest BCUT2D eigenvalue weighted by molar-refractivity contribution is 5.96. The van der Waals surface area contributed by atoms with Crippen LogP contribution >= 0.6 is 0 Å². The van der Waals surface area contributed by atoms with Crippen molar-refractivity contribution in [1.82, 2.24) is 5.32 Å². The Morgan fingerprint density at radius 2 is 2.05 bits per heavy atom. The highest BCUT2D eigenvalue weighted by Gasteiger charge is 2.14. The van der Waals surface area contributed by atoms with Crippen LogP contribution in [0.5, 0.6) is 0 Å². The minimum atomic E-state index is -1.07. The van der Waals surface area contributed by atoms with Gasteiger partial charge in [0.25, 0.3) is 11.6 Å². The molecule has 0 aliphatic carbocycles. The highest BCUT2D eigenvalue weighted by atomic mass is 16.6. The Morgan fingerprint density at radius 3 is 2.63 bits per heavy atom. The predicted octanol–water partition coefficient (Wildman–Crippen LogP) is -0.0535. The molecule has 0 bridgehead atoms. The number of ether oxygens (including phenoxy) is 1. The van der Waals surface area contributed by atoms with E-state index in [1.807, 2.05) is 0 Å². The molecule has 9 heteroatoms. The van der Waals surface area contributed by atoms with Gasteiger partial charge in [0.15, 0.2) is 6.61 Å². The summed E-state index contributed by atoms with van der Waals surface area (Å²) in [5.74, 6) is -1.82. The number of carbonyl (C=O) groups excluding carboxylic acids is 3. The molecule has 0 aliphatic heterocycles. The van der Waals surface area contributed by atoms with Crippen molar-refractivity contribution in [1.29, 1.82) is 0 Å². The first-order chi connectivity index (χ1) is 8.90. The fourth-order valence-corrected chi connectivity index (χ4v) is 1.13. The van der Waals surface area contributed by atoms with Crippen LogP contribution in [0.2, 0.25) is 0 Å². The number of hydrogen-bond acceptors (Lipinski definition) is 6. The summed E-state index contributed by atoms with van der Waals surface area (Å²) in [6, 6.07) is 3.74. The lowest BCUT2D eigenvalue weighted by atomic mass is 10.2. The van der Waals surface area contributed by atoms with Crippen LogP contribution in [-0.4, -0.2) is 29.4 Å². The number of primary amides is 1. The van der Waals surface area contributed by atoms with Crippen molar-refractivity contribution in [2.75, 3.05) is 6.61 Å². The van der Waals surface area contributed by atoms with Gasteiger partial charge in [0.1, 0.15) is 0 Å². The molecule has 0 aromatic heterocycles. The van der Waals surface area contributed by atoms with Crippen molar-refractivity contribution in [3.8, 4) is 0 Å². The fourth-order valence-electron chi connectivity index (χ4n) is 1.13. The van der Waals surface area contributed by atoms with Gasteiger partial charge in [-0.2, -0.15) is 0 Å². The van der Waals surface area contributed by atoms with Crippen molar-refractivity contribution in [2.45, 2.75) is 0 Å². The topological polar surface area (TPSA) is 142 Å². The normalized spacial score (nSPS) is 9.47. The number of imide groups is 1. The minimum Gasteiger partial charge on any atom is -0.452 e. The average Bonchev–Trinajstić information content (AvgIpc) is 2.35. The number of amides is 3. The van der Waals surface area contributed by atoms with Crippen LogP contribution in [0.1, 0.15) is 10.4 Å². The Balaban J connectivity index is 2.63. The van der Waals surface area contributed by atoms with Crippen LogP contribution in [-0.2, 0) is 9.53 Å². The van der Waals surface area contributed by atoms with Crippen LogP contribution in [0.3, 0.4) is 0 Å². The molecule has 0 unspecified atom stereocenters. The summed E-state index contributed by atoms with van der Waals surface area (Å²) < 4.78 is 4.54. The highest BCUT2D eigenvalue weighted by Crippen LogP contribution is 2.13. The third-order valence-electron chi connectivity index (χ3n) is 1.89. The number of rotatable bonds is 4. The number of nitrogens with zero attached hydrogens (tertiary/aromatic N) is 1. The van der Waals surface area contributed by atoms with Crippen LogP contribution in [0.4, 0.5) is 10.5 Å². The number of nitrogens with one attached hydrogen (secondary N) is 1. The number of non-ortho nitro benzene ring substituents is 1. The molecule has 0 atom stereocenters. The Bertz CT molecular complexity index is 542. The van der Waals surface area contributed by atoms with E-state index in [4.69, 9.17) is 0 Å². The van der Waals surface area contributed by atoms with E-state index in [1.165, 1.54) is 18.2 Å². The summed E-state index contributed by atoms with van der Waals surface area (Å²) in [5, 5.41) is 12.2. The summed E-state index contributed by atoms with van der Waals surface area (Å²) in [4.78, 5) is 42.6.